The van der Waals surface area contributed by atoms with E-state index in [-0.39, 0.29) is 12.4 Å². The minimum Gasteiger partial charge on any atom is -0.497 e. The molecule has 0 spiro atoms. The maximum absolute atomic E-state index is 11.0. The van der Waals surface area contributed by atoms with Gasteiger partial charge in [-0.3, -0.25) is 4.98 Å². The van der Waals surface area contributed by atoms with Crippen LogP contribution in [0.4, 0.5) is 5.69 Å². The zero-order valence-corrected chi connectivity index (χ0v) is 18.5. The maximum Gasteiger partial charge on any atom is 0.121 e. The van der Waals surface area contributed by atoms with E-state index in [0.717, 1.165) is 48.3 Å². The van der Waals surface area contributed by atoms with Crippen LogP contribution in [-0.4, -0.2) is 53.9 Å². The Kier molecular flexibility index (Phi) is 10.6. The molecular formula is C22H36ClN3O2. The number of hydrogen-bond donors (Lipinski definition) is 2. The predicted molar refractivity (Wildman–Crippen MR) is 121 cm³/mol. The van der Waals surface area contributed by atoms with Gasteiger partial charge in [0.05, 0.1) is 23.9 Å². The van der Waals surface area contributed by atoms with Gasteiger partial charge < -0.3 is 20.1 Å². The summed E-state index contributed by atoms with van der Waals surface area (Å²) in [5, 5.41) is 15.4. The zero-order valence-electron chi connectivity index (χ0n) is 17.7. The van der Waals surface area contributed by atoms with E-state index in [2.05, 4.69) is 29.0 Å². The van der Waals surface area contributed by atoms with Crippen molar-refractivity contribution in [3.63, 3.8) is 0 Å². The molecule has 0 bridgehead atoms. The minimum absolute atomic E-state index is 0. The number of unbranched alkanes of at least 4 members (excludes halogenated alkanes) is 2. The monoisotopic (exact) mass is 409 g/mol. The Hall–Kier alpha value is -1.56. The standard InChI is InChI=1S/C22H35N3O2.ClH/c1-5-7-12-25(13-8-6-2)17-22(3,26)16-24-20-15-19(27-4)14-18-10-9-11-23-21(18)20;/h9-11,14-15,24,26H,5-8,12-13,16-17H2,1-4H3;1H. The zero-order chi connectivity index (χ0) is 19.7. The Bertz CT molecular complexity index is 701. The topological polar surface area (TPSA) is 57.6 Å². The number of ether oxygens (including phenoxy) is 1. The van der Waals surface area contributed by atoms with Crippen LogP contribution in [0.3, 0.4) is 0 Å². The molecule has 1 atom stereocenters. The van der Waals surface area contributed by atoms with Crippen LogP contribution in [0, 0.1) is 0 Å². The summed E-state index contributed by atoms with van der Waals surface area (Å²) in [6.45, 7) is 9.51. The third kappa shape index (κ3) is 7.46. The Labute approximate surface area is 175 Å². The van der Waals surface area contributed by atoms with Crippen molar-refractivity contribution in [3.8, 4) is 5.75 Å². The van der Waals surface area contributed by atoms with Crippen LogP contribution in [0.1, 0.15) is 46.5 Å². The molecule has 1 unspecified atom stereocenters. The Morgan fingerprint density at radius 1 is 1.18 bits per heavy atom. The Morgan fingerprint density at radius 2 is 1.86 bits per heavy atom. The molecule has 6 heteroatoms. The summed E-state index contributed by atoms with van der Waals surface area (Å²) in [6, 6.07) is 7.85. The number of pyridine rings is 1. The number of nitrogens with zero attached hydrogens (tertiary/aromatic N) is 2. The van der Waals surface area contributed by atoms with Crippen molar-refractivity contribution < 1.29 is 9.84 Å². The molecule has 2 aromatic rings. The van der Waals surface area contributed by atoms with Crippen molar-refractivity contribution in [1.82, 2.24) is 9.88 Å². The lowest BCUT2D eigenvalue weighted by atomic mass is 10.0. The van der Waals surface area contributed by atoms with Crippen LogP contribution in [0.5, 0.6) is 5.75 Å². The van der Waals surface area contributed by atoms with Crippen LogP contribution in [-0.2, 0) is 0 Å². The highest BCUT2D eigenvalue weighted by Gasteiger charge is 2.24. The lowest BCUT2D eigenvalue weighted by Crippen LogP contribution is -2.46. The average molecular weight is 410 g/mol. The summed E-state index contributed by atoms with van der Waals surface area (Å²) in [4.78, 5) is 6.87. The predicted octanol–water partition coefficient (Wildman–Crippen LogP) is 4.73. The van der Waals surface area contributed by atoms with Gasteiger partial charge in [0, 0.05) is 30.7 Å². The van der Waals surface area contributed by atoms with E-state index in [4.69, 9.17) is 4.74 Å². The molecule has 0 saturated carbocycles. The van der Waals surface area contributed by atoms with Gasteiger partial charge in [-0.05, 0) is 45.0 Å². The van der Waals surface area contributed by atoms with Crippen molar-refractivity contribution in [2.24, 2.45) is 0 Å². The van der Waals surface area contributed by atoms with Crippen LogP contribution in [0.25, 0.3) is 10.9 Å². The van der Waals surface area contributed by atoms with E-state index >= 15 is 0 Å². The van der Waals surface area contributed by atoms with Gasteiger partial charge in [-0.15, -0.1) is 12.4 Å². The van der Waals surface area contributed by atoms with Gasteiger partial charge in [-0.1, -0.05) is 32.8 Å². The molecule has 0 fully saturated rings. The smallest absolute Gasteiger partial charge is 0.121 e. The summed E-state index contributed by atoms with van der Waals surface area (Å²) >= 11 is 0. The summed E-state index contributed by atoms with van der Waals surface area (Å²) in [5.74, 6) is 0.783. The Morgan fingerprint density at radius 3 is 2.46 bits per heavy atom. The fourth-order valence-corrected chi connectivity index (χ4v) is 3.27. The lowest BCUT2D eigenvalue weighted by Gasteiger charge is -2.32. The number of halogens is 1. The second-order valence-electron chi connectivity index (χ2n) is 7.58. The van der Waals surface area contributed by atoms with Crippen LogP contribution < -0.4 is 10.1 Å². The van der Waals surface area contributed by atoms with Crippen molar-refractivity contribution in [1.29, 1.82) is 0 Å². The van der Waals surface area contributed by atoms with Crippen molar-refractivity contribution in [2.45, 2.75) is 52.1 Å². The molecule has 0 amide bonds. The molecule has 2 N–H and O–H groups in total. The first-order valence-electron chi connectivity index (χ1n) is 10.1. The van der Waals surface area contributed by atoms with Gasteiger partial charge in [0.1, 0.15) is 5.75 Å². The van der Waals surface area contributed by atoms with Gasteiger partial charge in [0.15, 0.2) is 0 Å². The molecule has 158 valence electrons. The van der Waals surface area contributed by atoms with Crippen LogP contribution in [0.2, 0.25) is 0 Å². The van der Waals surface area contributed by atoms with Crippen molar-refractivity contribution in [3.05, 3.63) is 30.5 Å². The van der Waals surface area contributed by atoms with E-state index in [9.17, 15) is 5.11 Å². The van der Waals surface area contributed by atoms with Gasteiger partial charge in [0.2, 0.25) is 0 Å². The summed E-state index contributed by atoms with van der Waals surface area (Å²) in [5.41, 5.74) is 0.952. The molecule has 5 nitrogen and oxygen atoms in total. The normalized spacial score (nSPS) is 13.2. The lowest BCUT2D eigenvalue weighted by molar-refractivity contribution is 0.0301. The summed E-state index contributed by atoms with van der Waals surface area (Å²) in [6.07, 6.45) is 6.46. The fraction of sp³-hybridized carbons (Fsp3) is 0.591. The van der Waals surface area contributed by atoms with E-state index in [1.54, 1.807) is 13.3 Å². The molecule has 1 heterocycles. The number of benzene rings is 1. The second kappa shape index (κ2) is 12.1. The van der Waals surface area contributed by atoms with Gasteiger partial charge >= 0.3 is 0 Å². The number of anilines is 1. The number of fused-ring (bicyclic) bond motifs is 1. The van der Waals surface area contributed by atoms with Gasteiger partial charge in [-0.2, -0.15) is 0 Å². The first kappa shape index (κ1) is 24.5. The maximum atomic E-state index is 11.0. The van der Waals surface area contributed by atoms with E-state index in [1.165, 1.54) is 12.8 Å². The Balaban J connectivity index is 0.00000392. The number of rotatable bonds is 12. The molecule has 28 heavy (non-hydrogen) atoms. The highest BCUT2D eigenvalue weighted by molar-refractivity contribution is 5.91. The molecule has 2 rings (SSSR count). The summed E-state index contributed by atoms with van der Waals surface area (Å²) in [7, 11) is 1.66. The van der Waals surface area contributed by atoms with Crippen molar-refractivity contribution in [2.75, 3.05) is 38.6 Å². The first-order valence-corrected chi connectivity index (χ1v) is 10.1. The molecule has 1 aromatic carbocycles. The molecule has 0 aliphatic heterocycles. The second-order valence-corrected chi connectivity index (χ2v) is 7.58. The third-order valence-electron chi connectivity index (χ3n) is 4.79. The first-order chi connectivity index (χ1) is 13.0. The van der Waals surface area contributed by atoms with Gasteiger partial charge in [0.25, 0.3) is 0 Å². The molecule has 0 aliphatic carbocycles. The molecule has 0 radical (unpaired) electrons. The number of hydrogen-bond acceptors (Lipinski definition) is 5. The molecule has 0 saturated heterocycles. The number of nitrogens with one attached hydrogen (secondary N) is 1. The van der Waals surface area contributed by atoms with Crippen LogP contribution in [0.15, 0.2) is 30.5 Å². The summed E-state index contributed by atoms with van der Waals surface area (Å²) < 4.78 is 5.41. The van der Waals surface area contributed by atoms with Crippen LogP contribution >= 0.6 is 12.4 Å². The largest absolute Gasteiger partial charge is 0.497 e. The van der Waals surface area contributed by atoms with E-state index in [1.807, 2.05) is 31.2 Å². The average Bonchev–Trinajstić information content (AvgIpc) is 2.67. The fourth-order valence-electron chi connectivity index (χ4n) is 3.27. The number of aromatic nitrogens is 1. The number of aliphatic hydroxyl groups is 1. The minimum atomic E-state index is -0.828. The quantitative estimate of drug-likeness (QED) is 0.530. The highest BCUT2D eigenvalue weighted by atomic mass is 35.5. The SMILES string of the molecule is CCCCN(CCCC)CC(C)(O)CNc1cc(OC)cc2cccnc12.Cl. The van der Waals surface area contributed by atoms with E-state index < -0.39 is 5.60 Å². The third-order valence-corrected chi connectivity index (χ3v) is 4.79. The molecular weight excluding hydrogens is 374 g/mol. The van der Waals surface area contributed by atoms with Gasteiger partial charge in [-0.25, -0.2) is 0 Å². The number of methoxy groups -OCH3 is 1. The highest BCUT2D eigenvalue weighted by Crippen LogP contribution is 2.28. The van der Waals surface area contributed by atoms with E-state index in [0.29, 0.717) is 13.1 Å². The molecule has 0 aliphatic rings. The van der Waals surface area contributed by atoms with Crippen molar-refractivity contribution >= 4 is 29.0 Å². The molecule has 1 aromatic heterocycles.